The van der Waals surface area contributed by atoms with Crippen LogP contribution >= 0.6 is 11.5 Å². The third-order valence-corrected chi connectivity index (χ3v) is 5.71. The van der Waals surface area contributed by atoms with Crippen molar-refractivity contribution in [2.24, 2.45) is 0 Å². The monoisotopic (exact) mass is 278 g/mol. The molecule has 2 atom stereocenters. The highest BCUT2D eigenvalue weighted by atomic mass is 32.1. The van der Waals surface area contributed by atoms with Crippen LogP contribution in [-0.4, -0.2) is 39.4 Å². The quantitative estimate of drug-likeness (QED) is 0.923. The van der Waals surface area contributed by atoms with Crippen LogP contribution in [0.4, 0.5) is 5.13 Å². The highest BCUT2D eigenvalue weighted by Crippen LogP contribution is 2.40. The van der Waals surface area contributed by atoms with Crippen molar-refractivity contribution < 1.29 is 0 Å². The fraction of sp³-hybridized carbons (Fsp3) is 0.857. The van der Waals surface area contributed by atoms with Gasteiger partial charge in [-0.25, -0.2) is 4.98 Å². The van der Waals surface area contributed by atoms with Crippen molar-refractivity contribution in [3.05, 3.63) is 5.82 Å². The standard InChI is InChI=1S/C14H22N4S/c1-18-11-3-2-4-12(18)8-10(7-11)15-14-16-13(17-19-14)9-5-6-9/h9-12H,2-8H2,1H3,(H,15,16,17)/t11-,12-/m0/s1. The lowest BCUT2D eigenvalue weighted by molar-refractivity contribution is 0.0608. The van der Waals surface area contributed by atoms with Crippen LogP contribution in [0, 0.1) is 0 Å². The van der Waals surface area contributed by atoms with Gasteiger partial charge in [-0.05, 0) is 45.6 Å². The van der Waals surface area contributed by atoms with Crippen LogP contribution < -0.4 is 5.32 Å². The van der Waals surface area contributed by atoms with Gasteiger partial charge in [-0.2, -0.15) is 4.37 Å². The predicted octanol–water partition coefficient (Wildman–Crippen LogP) is 2.84. The molecule has 1 aromatic heterocycles. The number of rotatable bonds is 3. The summed E-state index contributed by atoms with van der Waals surface area (Å²) in [6.45, 7) is 0. The van der Waals surface area contributed by atoms with Crippen molar-refractivity contribution in [2.75, 3.05) is 12.4 Å². The van der Waals surface area contributed by atoms with E-state index in [-0.39, 0.29) is 0 Å². The van der Waals surface area contributed by atoms with Gasteiger partial charge in [0, 0.05) is 35.6 Å². The van der Waals surface area contributed by atoms with Crippen LogP contribution in [0.1, 0.15) is 56.7 Å². The second kappa shape index (κ2) is 4.70. The minimum Gasteiger partial charge on any atom is -0.357 e. The Kier molecular flexibility index (Phi) is 2.99. The Labute approximate surface area is 118 Å². The molecule has 0 spiro atoms. The third-order valence-electron chi connectivity index (χ3n) is 5.05. The first-order chi connectivity index (χ1) is 9.29. The summed E-state index contributed by atoms with van der Waals surface area (Å²) in [5.74, 6) is 1.75. The predicted molar refractivity (Wildman–Crippen MR) is 77.7 cm³/mol. The fourth-order valence-corrected chi connectivity index (χ4v) is 4.43. The van der Waals surface area contributed by atoms with Gasteiger partial charge in [-0.3, -0.25) is 0 Å². The molecule has 4 rings (SSSR count). The maximum atomic E-state index is 4.66. The molecule has 4 nitrogen and oxygen atoms in total. The third kappa shape index (κ3) is 2.38. The number of nitrogens with one attached hydrogen (secondary N) is 1. The Hall–Kier alpha value is -0.680. The van der Waals surface area contributed by atoms with Crippen molar-refractivity contribution in [3.8, 4) is 0 Å². The highest BCUT2D eigenvalue weighted by molar-refractivity contribution is 7.09. The summed E-state index contributed by atoms with van der Waals surface area (Å²) in [7, 11) is 2.31. The van der Waals surface area contributed by atoms with Crippen molar-refractivity contribution in [1.29, 1.82) is 0 Å². The number of anilines is 1. The number of nitrogens with zero attached hydrogens (tertiary/aromatic N) is 3. The number of hydrogen-bond acceptors (Lipinski definition) is 5. The highest BCUT2D eigenvalue weighted by Gasteiger charge is 2.36. The van der Waals surface area contributed by atoms with E-state index >= 15 is 0 Å². The van der Waals surface area contributed by atoms with E-state index in [4.69, 9.17) is 0 Å². The van der Waals surface area contributed by atoms with Crippen molar-refractivity contribution >= 4 is 16.7 Å². The lowest BCUT2D eigenvalue weighted by Gasteiger charge is -2.47. The van der Waals surface area contributed by atoms with Gasteiger partial charge in [0.1, 0.15) is 5.82 Å². The maximum absolute atomic E-state index is 4.66. The van der Waals surface area contributed by atoms with Gasteiger partial charge in [0.2, 0.25) is 5.13 Å². The zero-order chi connectivity index (χ0) is 12.8. The van der Waals surface area contributed by atoms with E-state index in [1.165, 1.54) is 44.9 Å². The maximum Gasteiger partial charge on any atom is 0.202 e. The average molecular weight is 278 g/mol. The zero-order valence-electron chi connectivity index (χ0n) is 11.5. The number of fused-ring (bicyclic) bond motifs is 2. The SMILES string of the molecule is CN1[C@H]2CCC[C@H]1CC(Nc1nc(C3CC3)ns1)C2. The Morgan fingerprint density at radius 2 is 1.89 bits per heavy atom. The molecule has 3 aliphatic rings. The summed E-state index contributed by atoms with van der Waals surface area (Å²) in [5.41, 5.74) is 0. The molecule has 0 amide bonds. The molecule has 104 valence electrons. The summed E-state index contributed by atoms with van der Waals surface area (Å²) < 4.78 is 4.49. The van der Waals surface area contributed by atoms with Crippen LogP contribution in [0.5, 0.6) is 0 Å². The molecule has 2 bridgehead atoms. The van der Waals surface area contributed by atoms with Crippen LogP contribution in [0.2, 0.25) is 0 Å². The van der Waals surface area contributed by atoms with Gasteiger partial charge in [-0.15, -0.1) is 0 Å². The zero-order valence-corrected chi connectivity index (χ0v) is 12.3. The summed E-state index contributed by atoms with van der Waals surface area (Å²) >= 11 is 1.55. The van der Waals surface area contributed by atoms with E-state index in [1.807, 2.05) is 0 Å². The summed E-state index contributed by atoms with van der Waals surface area (Å²) in [5, 5.41) is 4.70. The summed E-state index contributed by atoms with van der Waals surface area (Å²) in [6.07, 6.45) is 9.26. The molecule has 0 aromatic carbocycles. The Morgan fingerprint density at radius 3 is 2.58 bits per heavy atom. The van der Waals surface area contributed by atoms with E-state index in [0.29, 0.717) is 12.0 Å². The number of hydrogen-bond donors (Lipinski definition) is 1. The van der Waals surface area contributed by atoms with Crippen LogP contribution in [0.15, 0.2) is 0 Å². The smallest absolute Gasteiger partial charge is 0.202 e. The molecular formula is C14H22N4S. The first-order valence-corrected chi connectivity index (χ1v) is 8.39. The van der Waals surface area contributed by atoms with Gasteiger partial charge in [0.25, 0.3) is 0 Å². The summed E-state index contributed by atoms with van der Waals surface area (Å²) in [4.78, 5) is 7.27. The lowest BCUT2D eigenvalue weighted by atomic mass is 9.82. The van der Waals surface area contributed by atoms with E-state index in [2.05, 4.69) is 26.6 Å². The molecule has 1 saturated carbocycles. The summed E-state index contributed by atoms with van der Waals surface area (Å²) in [6, 6.07) is 2.16. The number of piperidine rings is 2. The second-order valence-electron chi connectivity index (χ2n) is 6.45. The molecule has 1 aliphatic carbocycles. The fourth-order valence-electron chi connectivity index (χ4n) is 3.71. The Morgan fingerprint density at radius 1 is 1.16 bits per heavy atom. The van der Waals surface area contributed by atoms with Gasteiger partial charge in [0.05, 0.1) is 0 Å². The lowest BCUT2D eigenvalue weighted by Crippen LogP contribution is -2.52. The molecule has 3 heterocycles. The first kappa shape index (κ1) is 12.1. The normalized spacial score (nSPS) is 35.3. The van der Waals surface area contributed by atoms with Gasteiger partial charge < -0.3 is 10.2 Å². The second-order valence-corrected chi connectivity index (χ2v) is 7.20. The van der Waals surface area contributed by atoms with Crippen molar-refractivity contribution in [1.82, 2.24) is 14.3 Å². The molecule has 1 aromatic rings. The minimum atomic E-state index is 0.603. The van der Waals surface area contributed by atoms with Crippen LogP contribution in [-0.2, 0) is 0 Å². The molecule has 0 unspecified atom stereocenters. The molecule has 3 fully saturated rings. The van der Waals surface area contributed by atoms with E-state index in [0.717, 1.165) is 23.0 Å². The van der Waals surface area contributed by atoms with Gasteiger partial charge in [0.15, 0.2) is 0 Å². The van der Waals surface area contributed by atoms with Crippen LogP contribution in [0.25, 0.3) is 0 Å². The van der Waals surface area contributed by atoms with E-state index in [1.54, 1.807) is 11.5 Å². The minimum absolute atomic E-state index is 0.603. The number of aromatic nitrogens is 2. The molecule has 19 heavy (non-hydrogen) atoms. The van der Waals surface area contributed by atoms with Crippen LogP contribution in [0.3, 0.4) is 0 Å². The topological polar surface area (TPSA) is 41.0 Å². The van der Waals surface area contributed by atoms with E-state index < -0.39 is 0 Å². The van der Waals surface area contributed by atoms with Gasteiger partial charge >= 0.3 is 0 Å². The molecule has 2 aliphatic heterocycles. The largest absolute Gasteiger partial charge is 0.357 e. The van der Waals surface area contributed by atoms with Crippen molar-refractivity contribution in [2.45, 2.75) is 69.0 Å². The molecule has 2 saturated heterocycles. The molecular weight excluding hydrogens is 256 g/mol. The first-order valence-electron chi connectivity index (χ1n) is 7.61. The Bertz CT molecular complexity index is 442. The van der Waals surface area contributed by atoms with Gasteiger partial charge in [-0.1, -0.05) is 6.42 Å². The molecule has 1 N–H and O–H groups in total. The van der Waals surface area contributed by atoms with Crippen molar-refractivity contribution in [3.63, 3.8) is 0 Å². The molecule has 0 radical (unpaired) electrons. The molecule has 5 heteroatoms. The van der Waals surface area contributed by atoms with E-state index in [9.17, 15) is 0 Å². The Balaban J connectivity index is 1.42. The average Bonchev–Trinajstić information content (AvgIpc) is 3.12.